The summed E-state index contributed by atoms with van der Waals surface area (Å²) >= 11 is 7.59. The number of nitrogens with two attached hydrogens (primary N) is 1. The van der Waals surface area contributed by atoms with Crippen LogP contribution in [0.5, 0.6) is 0 Å². The lowest BCUT2D eigenvalue weighted by Crippen LogP contribution is -2.19. The molecule has 1 atom stereocenters. The van der Waals surface area contributed by atoms with E-state index in [0.717, 1.165) is 16.3 Å². The molecule has 0 aliphatic carbocycles. The number of rotatable bonds is 4. The highest BCUT2D eigenvalue weighted by atomic mass is 35.5. The van der Waals surface area contributed by atoms with Gasteiger partial charge in [0, 0.05) is 16.5 Å². The number of benzene rings is 1. The second-order valence-corrected chi connectivity index (χ2v) is 4.28. The highest BCUT2D eigenvalue weighted by Gasteiger charge is 2.02. The van der Waals surface area contributed by atoms with E-state index in [2.05, 4.69) is 0 Å². The summed E-state index contributed by atoms with van der Waals surface area (Å²) in [4.78, 5) is 0. The Bertz CT molecular complexity index is 335. The van der Waals surface area contributed by atoms with Crippen LogP contribution in [0.3, 0.4) is 0 Å². The predicted molar refractivity (Wildman–Crippen MR) is 61.2 cm³/mol. The number of halogens is 1. The molecule has 0 saturated heterocycles. The van der Waals surface area contributed by atoms with Gasteiger partial charge in [0.1, 0.15) is 6.04 Å². The maximum absolute atomic E-state index is 8.47. The Morgan fingerprint density at radius 1 is 1.50 bits per heavy atom. The summed E-state index contributed by atoms with van der Waals surface area (Å²) in [6, 6.07) is 9.30. The first-order valence-electron chi connectivity index (χ1n) is 4.20. The lowest BCUT2D eigenvalue weighted by Gasteiger charge is -2.04. The molecule has 0 radical (unpaired) electrons. The zero-order valence-corrected chi connectivity index (χ0v) is 9.18. The molecular formula is C10H11ClN2S. The fourth-order valence-electron chi connectivity index (χ4n) is 0.949. The average molecular weight is 227 g/mol. The molecule has 14 heavy (non-hydrogen) atoms. The van der Waals surface area contributed by atoms with Crippen molar-refractivity contribution < 1.29 is 0 Å². The Balaban J connectivity index is 2.40. The highest BCUT2D eigenvalue weighted by Crippen LogP contribution is 2.20. The van der Waals surface area contributed by atoms with E-state index in [-0.39, 0.29) is 6.04 Å². The van der Waals surface area contributed by atoms with Crippen molar-refractivity contribution in [3.8, 4) is 6.07 Å². The summed E-state index contributed by atoms with van der Waals surface area (Å²) in [7, 11) is 0. The summed E-state index contributed by atoms with van der Waals surface area (Å²) in [5.41, 5.74) is 6.55. The number of nitriles is 1. The molecular weight excluding hydrogens is 216 g/mol. The first kappa shape index (κ1) is 11.4. The molecule has 0 aromatic heterocycles. The third kappa shape index (κ3) is 3.59. The monoisotopic (exact) mass is 226 g/mol. The van der Waals surface area contributed by atoms with Crippen LogP contribution in [0.2, 0.25) is 5.02 Å². The Kier molecular flexibility index (Phi) is 4.81. The van der Waals surface area contributed by atoms with Gasteiger partial charge in [-0.15, -0.1) is 0 Å². The van der Waals surface area contributed by atoms with Crippen molar-refractivity contribution in [3.05, 3.63) is 34.9 Å². The normalized spacial score (nSPS) is 12.1. The molecule has 0 bridgehead atoms. The van der Waals surface area contributed by atoms with Crippen molar-refractivity contribution >= 4 is 23.4 Å². The van der Waals surface area contributed by atoms with Gasteiger partial charge in [0.2, 0.25) is 0 Å². The van der Waals surface area contributed by atoms with Gasteiger partial charge in [-0.2, -0.15) is 17.0 Å². The quantitative estimate of drug-likeness (QED) is 0.858. The average Bonchev–Trinajstić information content (AvgIpc) is 2.20. The van der Waals surface area contributed by atoms with Gasteiger partial charge in [0.25, 0.3) is 0 Å². The van der Waals surface area contributed by atoms with E-state index in [1.54, 1.807) is 11.8 Å². The van der Waals surface area contributed by atoms with Crippen molar-refractivity contribution in [3.63, 3.8) is 0 Å². The molecule has 2 nitrogen and oxygen atoms in total. The van der Waals surface area contributed by atoms with E-state index in [1.807, 2.05) is 30.3 Å². The summed E-state index contributed by atoms with van der Waals surface area (Å²) in [6.07, 6.45) is 0. The molecule has 0 aliphatic heterocycles. The van der Waals surface area contributed by atoms with Gasteiger partial charge in [-0.25, -0.2) is 0 Å². The third-order valence-corrected chi connectivity index (χ3v) is 3.16. The van der Waals surface area contributed by atoms with Crippen molar-refractivity contribution in [1.29, 1.82) is 5.26 Å². The molecule has 2 N–H and O–H groups in total. The van der Waals surface area contributed by atoms with Crippen LogP contribution >= 0.6 is 23.4 Å². The minimum Gasteiger partial charge on any atom is -0.315 e. The maximum atomic E-state index is 8.47. The van der Waals surface area contributed by atoms with E-state index in [4.69, 9.17) is 22.6 Å². The van der Waals surface area contributed by atoms with Crippen molar-refractivity contribution in [2.24, 2.45) is 5.73 Å². The smallest absolute Gasteiger partial charge is 0.102 e. The zero-order valence-electron chi connectivity index (χ0n) is 7.61. The van der Waals surface area contributed by atoms with Crippen LogP contribution < -0.4 is 5.73 Å². The Hall–Kier alpha value is -0.690. The largest absolute Gasteiger partial charge is 0.315 e. The van der Waals surface area contributed by atoms with Crippen LogP contribution in [0.4, 0.5) is 0 Å². The van der Waals surface area contributed by atoms with Gasteiger partial charge in [0.05, 0.1) is 6.07 Å². The first-order chi connectivity index (χ1) is 6.74. The summed E-state index contributed by atoms with van der Waals surface area (Å²) in [5.74, 6) is 1.44. The lowest BCUT2D eigenvalue weighted by atomic mass is 10.2. The van der Waals surface area contributed by atoms with Crippen molar-refractivity contribution in [2.75, 3.05) is 5.75 Å². The fourth-order valence-corrected chi connectivity index (χ4v) is 2.15. The topological polar surface area (TPSA) is 49.8 Å². The molecule has 0 heterocycles. The molecule has 0 fully saturated rings. The van der Waals surface area contributed by atoms with Gasteiger partial charge < -0.3 is 5.73 Å². The molecule has 1 aromatic carbocycles. The third-order valence-electron chi connectivity index (χ3n) is 1.68. The Morgan fingerprint density at radius 2 is 2.21 bits per heavy atom. The maximum Gasteiger partial charge on any atom is 0.102 e. The fraction of sp³-hybridized carbons (Fsp3) is 0.300. The van der Waals surface area contributed by atoms with Gasteiger partial charge in [-0.3, -0.25) is 0 Å². The van der Waals surface area contributed by atoms with Crippen LogP contribution in [0.1, 0.15) is 5.56 Å². The molecule has 0 spiro atoms. The lowest BCUT2D eigenvalue weighted by molar-refractivity contribution is 0.953. The first-order valence-corrected chi connectivity index (χ1v) is 5.73. The van der Waals surface area contributed by atoms with Gasteiger partial charge in [-0.1, -0.05) is 29.8 Å². The highest BCUT2D eigenvalue weighted by molar-refractivity contribution is 7.98. The van der Waals surface area contributed by atoms with E-state index < -0.39 is 0 Å². The van der Waals surface area contributed by atoms with Crippen LogP contribution in [0, 0.1) is 11.3 Å². The number of thioether (sulfide) groups is 1. The van der Waals surface area contributed by atoms with Crippen LogP contribution in [0.15, 0.2) is 24.3 Å². The van der Waals surface area contributed by atoms with Crippen LogP contribution in [-0.4, -0.2) is 11.8 Å². The predicted octanol–water partition coefficient (Wildman–Crippen LogP) is 2.42. The summed E-state index contributed by atoms with van der Waals surface area (Å²) < 4.78 is 0. The minimum atomic E-state index is -0.387. The molecule has 0 aliphatic rings. The van der Waals surface area contributed by atoms with Gasteiger partial charge >= 0.3 is 0 Å². The molecule has 74 valence electrons. The van der Waals surface area contributed by atoms with Crippen molar-refractivity contribution in [2.45, 2.75) is 11.8 Å². The van der Waals surface area contributed by atoms with E-state index in [1.165, 1.54) is 0 Å². The molecule has 4 heteroatoms. The summed E-state index contributed by atoms with van der Waals surface area (Å²) in [6.45, 7) is 0. The second-order valence-electron chi connectivity index (χ2n) is 2.84. The molecule has 1 rings (SSSR count). The van der Waals surface area contributed by atoms with Gasteiger partial charge in [0.15, 0.2) is 0 Å². The molecule has 0 amide bonds. The SMILES string of the molecule is N#CC(N)CSCc1ccccc1Cl. The standard InChI is InChI=1S/C10H11ClN2S/c11-10-4-2-1-3-8(10)6-14-7-9(13)5-12/h1-4,9H,6-7,13H2. The molecule has 1 aromatic rings. The van der Waals surface area contributed by atoms with E-state index in [9.17, 15) is 0 Å². The number of nitrogens with zero attached hydrogens (tertiary/aromatic N) is 1. The van der Waals surface area contributed by atoms with E-state index in [0.29, 0.717) is 5.75 Å². The van der Waals surface area contributed by atoms with Crippen LogP contribution in [0.25, 0.3) is 0 Å². The Morgan fingerprint density at radius 3 is 2.86 bits per heavy atom. The van der Waals surface area contributed by atoms with Crippen LogP contribution in [-0.2, 0) is 5.75 Å². The minimum absolute atomic E-state index is 0.387. The number of hydrogen-bond acceptors (Lipinski definition) is 3. The molecule has 1 unspecified atom stereocenters. The second kappa shape index (κ2) is 5.92. The van der Waals surface area contributed by atoms with E-state index >= 15 is 0 Å². The van der Waals surface area contributed by atoms with Crippen molar-refractivity contribution in [1.82, 2.24) is 0 Å². The molecule has 0 saturated carbocycles. The Labute approximate surface area is 93.1 Å². The summed E-state index contributed by atoms with van der Waals surface area (Å²) in [5, 5.41) is 9.24. The van der Waals surface area contributed by atoms with Gasteiger partial charge in [-0.05, 0) is 11.6 Å². The zero-order chi connectivity index (χ0) is 10.4. The number of hydrogen-bond donors (Lipinski definition) is 1.